The van der Waals surface area contributed by atoms with E-state index >= 15 is 0 Å². The predicted molar refractivity (Wildman–Crippen MR) is 50.3 cm³/mol. The zero-order valence-electron chi connectivity index (χ0n) is 8.79. The first-order valence-corrected chi connectivity index (χ1v) is 3.89. The fourth-order valence-corrected chi connectivity index (χ4v) is 1.11. The number of rotatable bonds is 2. The number of terminal acetylenes is 1. The summed E-state index contributed by atoms with van der Waals surface area (Å²) in [5.41, 5.74) is 0. The third-order valence-electron chi connectivity index (χ3n) is 1.03. The van der Waals surface area contributed by atoms with Crippen LogP contribution in [0.1, 0.15) is 4.11 Å². The Labute approximate surface area is 75.5 Å². The molecule has 0 amide bonds. The van der Waals surface area contributed by atoms with E-state index in [2.05, 4.69) is 5.92 Å². The lowest BCUT2D eigenvalue weighted by Crippen LogP contribution is -1.63. The van der Waals surface area contributed by atoms with Gasteiger partial charge >= 0.3 is 0 Å². The van der Waals surface area contributed by atoms with Gasteiger partial charge in [0.15, 0.2) is 0 Å². The van der Waals surface area contributed by atoms with Crippen LogP contribution in [0.3, 0.4) is 0 Å². The zero-order valence-corrected chi connectivity index (χ0v) is 6.61. The van der Waals surface area contributed by atoms with Gasteiger partial charge < -0.3 is 0 Å². The summed E-state index contributed by atoms with van der Waals surface area (Å²) in [4.78, 5) is 0.897. The van der Waals surface area contributed by atoms with E-state index in [0.717, 1.165) is 16.7 Å². The lowest BCUT2D eigenvalue weighted by molar-refractivity contribution is 1.47. The average molecular weight is 163 g/mol. The molecule has 1 heteroatoms. The van der Waals surface area contributed by atoms with Gasteiger partial charge in [-0.25, -0.2) is 0 Å². The molecule has 0 heterocycles. The van der Waals surface area contributed by atoms with Crippen LogP contribution in [0, 0.1) is 12.3 Å². The fourth-order valence-electron chi connectivity index (χ4n) is 0.598. The molecule has 0 aliphatic carbocycles. The summed E-state index contributed by atoms with van der Waals surface area (Å²) >= 11 is 1.16. The van der Waals surface area contributed by atoms with Crippen molar-refractivity contribution in [3.63, 3.8) is 0 Å². The van der Waals surface area contributed by atoms with E-state index in [1.807, 2.05) is 36.7 Å². The van der Waals surface area contributed by atoms with Crippen molar-refractivity contribution in [3.8, 4) is 12.3 Å². The van der Waals surface area contributed by atoms with Gasteiger partial charge in [-0.1, -0.05) is 35.9 Å². The van der Waals surface area contributed by atoms with Crippen LogP contribution < -0.4 is 0 Å². The molecule has 0 aromatic heterocycles. The molecule has 0 nitrogen and oxygen atoms in total. The fraction of sp³-hybridized carbons (Fsp3) is 0. The molecule has 0 atom stereocenters. The molecule has 11 heavy (non-hydrogen) atoms. The van der Waals surface area contributed by atoms with Crippen molar-refractivity contribution in [2.75, 3.05) is 0 Å². The van der Waals surface area contributed by atoms with Crippen molar-refractivity contribution >= 4 is 11.8 Å². The van der Waals surface area contributed by atoms with Gasteiger partial charge in [-0.15, -0.1) is 6.40 Å². The summed E-state index contributed by atoms with van der Waals surface area (Å²) in [6.07, 6.45) is 1.86. The van der Waals surface area contributed by atoms with Crippen molar-refractivity contribution in [1.29, 1.82) is 0 Å². The summed E-state index contributed by atoms with van der Waals surface area (Å²) in [6.45, 7) is 0. The van der Waals surface area contributed by atoms with Gasteiger partial charge in [0.25, 0.3) is 0 Å². The van der Waals surface area contributed by atoms with Gasteiger partial charge in [0.2, 0.25) is 0 Å². The molecule has 0 radical (unpaired) electrons. The van der Waals surface area contributed by atoms with Crippen LogP contribution in [-0.2, 0) is 0 Å². The Morgan fingerprint density at radius 1 is 1.55 bits per heavy atom. The number of hydrogen-bond acceptors (Lipinski definition) is 1. The molecule has 0 bridgehead atoms. The smallest absolute Gasteiger partial charge is 0.115 e. The minimum absolute atomic E-state index is 0.0657. The van der Waals surface area contributed by atoms with Crippen LogP contribution in [0.5, 0.6) is 0 Å². The lowest BCUT2D eigenvalue weighted by Gasteiger charge is -1.91. The Hall–Kier alpha value is -1.13. The van der Waals surface area contributed by atoms with Crippen LogP contribution in [-0.4, -0.2) is 0 Å². The maximum Gasteiger partial charge on any atom is 0.124 e. The summed E-state index contributed by atoms with van der Waals surface area (Å²) in [5, 5.41) is 0.0657. The van der Waals surface area contributed by atoms with Crippen molar-refractivity contribution in [1.82, 2.24) is 0 Å². The van der Waals surface area contributed by atoms with Crippen LogP contribution >= 0.6 is 11.8 Å². The second-order valence-corrected chi connectivity index (χ2v) is 2.65. The summed E-state index contributed by atoms with van der Waals surface area (Å²) in [5.74, 6) is 2.22. The van der Waals surface area contributed by atoms with Crippen molar-refractivity contribution < 1.29 is 4.11 Å². The van der Waals surface area contributed by atoms with Crippen LogP contribution in [0.2, 0.25) is 0 Å². The van der Waals surface area contributed by atoms with Gasteiger partial charge in [0.1, 0.15) is 1.37 Å². The molecule has 0 N–H and O–H groups in total. The van der Waals surface area contributed by atoms with E-state index < -0.39 is 0 Å². The summed E-state index contributed by atoms with van der Waals surface area (Å²) < 4.78 is 21.4. The monoisotopic (exact) mass is 163 g/mol. The van der Waals surface area contributed by atoms with Crippen molar-refractivity contribution in [2.45, 2.75) is 4.90 Å². The molecule has 1 aromatic rings. The van der Waals surface area contributed by atoms with E-state index in [1.54, 1.807) is 0 Å². The summed E-state index contributed by atoms with van der Waals surface area (Å²) in [7, 11) is 0. The van der Waals surface area contributed by atoms with Crippen LogP contribution in [0.25, 0.3) is 0 Å². The van der Waals surface area contributed by atoms with Crippen molar-refractivity contribution in [2.24, 2.45) is 0 Å². The van der Waals surface area contributed by atoms with E-state index in [9.17, 15) is 0 Å². The lowest BCUT2D eigenvalue weighted by atomic mass is 10.4. The molecule has 0 unspecified atom stereocenters. The van der Waals surface area contributed by atoms with E-state index in [1.165, 1.54) is 0 Å². The second-order valence-electron chi connectivity index (χ2n) is 1.77. The van der Waals surface area contributed by atoms with Gasteiger partial charge in [-0.2, -0.15) is 0 Å². The molecule has 1 aromatic carbocycles. The van der Waals surface area contributed by atoms with Gasteiger partial charge in [-0.05, 0) is 23.6 Å². The molecule has 0 saturated carbocycles. The Morgan fingerprint density at radius 2 is 2.36 bits per heavy atom. The average Bonchev–Trinajstić information content (AvgIpc) is 2.19. The molecule has 0 aliphatic rings. The molecule has 54 valence electrons. The number of hydrogen-bond donors (Lipinski definition) is 0. The molecule has 0 aliphatic heterocycles. The largest absolute Gasteiger partial charge is 0.124 e. The summed E-state index contributed by atoms with van der Waals surface area (Å²) in [6, 6.07) is 9.24. The minimum atomic E-state index is -0.117. The van der Waals surface area contributed by atoms with E-state index in [4.69, 9.17) is 4.11 Å². The highest BCUT2D eigenvalue weighted by Crippen LogP contribution is 2.17. The van der Waals surface area contributed by atoms with Gasteiger partial charge in [0.05, 0.1) is 2.74 Å². The third-order valence-corrected chi connectivity index (χ3v) is 1.74. The third kappa shape index (κ3) is 2.97. The highest BCUT2D eigenvalue weighted by atomic mass is 32.2. The van der Waals surface area contributed by atoms with Gasteiger partial charge in [-0.3, -0.25) is 0 Å². The Morgan fingerprint density at radius 3 is 3.09 bits per heavy atom. The number of allylic oxidation sites excluding steroid dienone is 1. The zero-order chi connectivity index (χ0) is 10.4. The normalized spacial score (nSPS) is 14.7. The first-order valence-electron chi connectivity index (χ1n) is 4.57. The SMILES string of the molecule is [2H]C#C/C([2H])=C(\[2H])Sc1ccccc1. The van der Waals surface area contributed by atoms with Crippen LogP contribution in [0.15, 0.2) is 46.7 Å². The number of thioether (sulfide) groups is 1. The molecule has 0 fully saturated rings. The highest BCUT2D eigenvalue weighted by Gasteiger charge is 1.84. The van der Waals surface area contributed by atoms with E-state index in [0.29, 0.717) is 0 Å². The standard InChI is InChI=1S/C10H8S/c1-2-3-9-11-10-7-5-4-6-8-10/h1,3-9H/b9-3+/i1D,3D,9D. The molecular formula is C10H8S. The predicted octanol–water partition coefficient (Wildman–Crippen LogP) is 2.93. The molecular weight excluding hydrogens is 152 g/mol. The first kappa shape index (κ1) is 4.69. The minimum Gasteiger partial charge on any atom is -0.115 e. The molecule has 0 spiro atoms. The maximum atomic E-state index is 7.49. The Kier molecular flexibility index (Phi) is 1.98. The number of benzene rings is 1. The van der Waals surface area contributed by atoms with Crippen molar-refractivity contribution in [3.05, 3.63) is 41.8 Å². The van der Waals surface area contributed by atoms with Crippen LogP contribution in [0.4, 0.5) is 0 Å². The van der Waals surface area contributed by atoms with Gasteiger partial charge in [0, 0.05) is 4.90 Å². The Bertz CT molecular complexity index is 387. The highest BCUT2D eigenvalue weighted by molar-refractivity contribution is 8.02. The molecule has 0 saturated heterocycles. The molecule has 1 rings (SSSR count). The van der Waals surface area contributed by atoms with E-state index in [-0.39, 0.29) is 11.4 Å². The Balaban J connectivity index is 2.78. The second kappa shape index (κ2) is 4.65. The first-order chi connectivity index (χ1) is 6.74. The topological polar surface area (TPSA) is 0 Å². The quantitative estimate of drug-likeness (QED) is 0.477. The maximum absolute atomic E-state index is 7.49.